The molecule has 1 aromatic heterocycles. The Hall–Kier alpha value is -1.63. The fraction of sp³-hybridized carbons (Fsp3) is 0.583. The molecule has 0 saturated heterocycles. The third kappa shape index (κ3) is 2.48. The first-order valence-electron chi connectivity index (χ1n) is 5.69. The van der Waals surface area contributed by atoms with Crippen molar-refractivity contribution in [2.24, 2.45) is 5.92 Å². The van der Waals surface area contributed by atoms with Crippen molar-refractivity contribution < 1.29 is 0 Å². The lowest BCUT2D eigenvalue weighted by atomic mass is 10.2. The summed E-state index contributed by atoms with van der Waals surface area (Å²) in [5.41, 5.74) is 0.379. The average molecular weight is 216 g/mol. The third-order valence-corrected chi connectivity index (χ3v) is 2.60. The van der Waals surface area contributed by atoms with Crippen LogP contribution in [0.4, 0.5) is 5.82 Å². The number of nitrogens with zero attached hydrogens (tertiary/aromatic N) is 4. The molecule has 0 bridgehead atoms. The molecule has 1 heterocycles. The van der Waals surface area contributed by atoms with Gasteiger partial charge in [-0.15, -0.1) is 0 Å². The van der Waals surface area contributed by atoms with E-state index in [4.69, 9.17) is 5.26 Å². The van der Waals surface area contributed by atoms with E-state index in [-0.39, 0.29) is 0 Å². The molecule has 84 valence electrons. The molecular formula is C12H16N4. The number of aromatic nitrogens is 2. The van der Waals surface area contributed by atoms with Crippen LogP contribution in [0.5, 0.6) is 0 Å². The summed E-state index contributed by atoms with van der Waals surface area (Å²) in [6, 6.07) is 2.62. The molecule has 0 N–H and O–H groups in total. The van der Waals surface area contributed by atoms with E-state index in [0.717, 1.165) is 12.4 Å². The van der Waals surface area contributed by atoms with Gasteiger partial charge in [-0.25, -0.2) is 9.97 Å². The fourth-order valence-corrected chi connectivity index (χ4v) is 1.74. The minimum absolute atomic E-state index is 0.379. The lowest BCUT2D eigenvalue weighted by Crippen LogP contribution is -2.30. The highest BCUT2D eigenvalue weighted by molar-refractivity contribution is 5.40. The van der Waals surface area contributed by atoms with Crippen molar-refractivity contribution in [1.29, 1.82) is 5.26 Å². The number of anilines is 1. The summed E-state index contributed by atoms with van der Waals surface area (Å²) in [5.74, 6) is 1.51. The molecule has 0 spiro atoms. The van der Waals surface area contributed by atoms with E-state index < -0.39 is 0 Å². The van der Waals surface area contributed by atoms with Crippen molar-refractivity contribution in [2.75, 3.05) is 11.4 Å². The Morgan fingerprint density at radius 3 is 2.62 bits per heavy atom. The Morgan fingerprint density at radius 2 is 2.19 bits per heavy atom. The van der Waals surface area contributed by atoms with Crippen molar-refractivity contribution in [2.45, 2.75) is 32.7 Å². The third-order valence-electron chi connectivity index (χ3n) is 2.60. The summed E-state index contributed by atoms with van der Waals surface area (Å²) < 4.78 is 0. The van der Waals surface area contributed by atoms with Gasteiger partial charge in [0, 0.05) is 12.6 Å². The predicted molar refractivity (Wildman–Crippen MR) is 62.0 cm³/mol. The summed E-state index contributed by atoms with van der Waals surface area (Å²) in [4.78, 5) is 10.7. The Labute approximate surface area is 95.9 Å². The fourth-order valence-electron chi connectivity index (χ4n) is 1.74. The van der Waals surface area contributed by atoms with Crippen LogP contribution in [-0.2, 0) is 0 Å². The van der Waals surface area contributed by atoms with Crippen LogP contribution in [0.25, 0.3) is 0 Å². The quantitative estimate of drug-likeness (QED) is 0.772. The van der Waals surface area contributed by atoms with Crippen molar-refractivity contribution in [3.05, 3.63) is 18.1 Å². The zero-order valence-corrected chi connectivity index (χ0v) is 9.72. The molecule has 4 heteroatoms. The molecule has 2 rings (SSSR count). The van der Waals surface area contributed by atoms with Gasteiger partial charge >= 0.3 is 0 Å². The van der Waals surface area contributed by atoms with Crippen molar-refractivity contribution in [1.82, 2.24) is 9.97 Å². The number of hydrogen-bond donors (Lipinski definition) is 0. The minimum atomic E-state index is 0.379. The Kier molecular flexibility index (Phi) is 3.04. The Bertz CT molecular complexity index is 386. The van der Waals surface area contributed by atoms with Crippen LogP contribution in [0.3, 0.4) is 0 Å². The van der Waals surface area contributed by atoms with E-state index in [9.17, 15) is 0 Å². The summed E-state index contributed by atoms with van der Waals surface area (Å²) in [5, 5.41) is 8.67. The average Bonchev–Trinajstić information content (AvgIpc) is 3.10. The van der Waals surface area contributed by atoms with Gasteiger partial charge in [0.2, 0.25) is 0 Å². The van der Waals surface area contributed by atoms with Crippen LogP contribution in [0.2, 0.25) is 0 Å². The van der Waals surface area contributed by atoms with Crippen LogP contribution < -0.4 is 4.90 Å². The summed E-state index contributed by atoms with van der Waals surface area (Å²) in [6.07, 6.45) is 5.74. The molecule has 0 atom stereocenters. The monoisotopic (exact) mass is 216 g/mol. The van der Waals surface area contributed by atoms with Gasteiger partial charge < -0.3 is 4.90 Å². The molecule has 0 amide bonds. The van der Waals surface area contributed by atoms with Gasteiger partial charge in [-0.2, -0.15) is 5.26 Å². The first-order chi connectivity index (χ1) is 7.70. The molecule has 0 radical (unpaired) electrons. The maximum Gasteiger partial charge on any atom is 0.158 e. The molecule has 1 saturated carbocycles. The molecule has 0 aliphatic heterocycles. The second-order valence-corrected chi connectivity index (χ2v) is 4.65. The minimum Gasteiger partial charge on any atom is -0.352 e. The van der Waals surface area contributed by atoms with E-state index in [1.807, 2.05) is 6.07 Å². The van der Waals surface area contributed by atoms with Crippen LogP contribution in [-0.4, -0.2) is 22.6 Å². The van der Waals surface area contributed by atoms with Gasteiger partial charge in [0.25, 0.3) is 0 Å². The zero-order valence-electron chi connectivity index (χ0n) is 9.72. The standard InChI is InChI=1S/C12H16N4/c1-9(2)8-16(11-3-4-11)12-7-14-10(5-13)6-15-12/h6-7,9,11H,3-4,8H2,1-2H3. The highest BCUT2D eigenvalue weighted by atomic mass is 15.2. The van der Waals surface area contributed by atoms with Crippen molar-refractivity contribution >= 4 is 5.82 Å². The van der Waals surface area contributed by atoms with Crippen LogP contribution in [0.15, 0.2) is 12.4 Å². The number of hydrogen-bond acceptors (Lipinski definition) is 4. The van der Waals surface area contributed by atoms with Crippen LogP contribution in [0.1, 0.15) is 32.4 Å². The smallest absolute Gasteiger partial charge is 0.158 e. The topological polar surface area (TPSA) is 52.8 Å². The highest BCUT2D eigenvalue weighted by Crippen LogP contribution is 2.30. The van der Waals surface area contributed by atoms with Crippen molar-refractivity contribution in [3.63, 3.8) is 0 Å². The molecule has 1 aliphatic rings. The van der Waals surface area contributed by atoms with E-state index in [2.05, 4.69) is 28.7 Å². The number of rotatable bonds is 4. The van der Waals surface area contributed by atoms with Gasteiger partial charge in [-0.3, -0.25) is 0 Å². The van der Waals surface area contributed by atoms with E-state index in [0.29, 0.717) is 17.7 Å². The largest absolute Gasteiger partial charge is 0.352 e. The van der Waals surface area contributed by atoms with Crippen LogP contribution in [0, 0.1) is 17.2 Å². The highest BCUT2D eigenvalue weighted by Gasteiger charge is 2.30. The lowest BCUT2D eigenvalue weighted by Gasteiger charge is -2.24. The van der Waals surface area contributed by atoms with Gasteiger partial charge in [-0.05, 0) is 18.8 Å². The van der Waals surface area contributed by atoms with E-state index >= 15 is 0 Å². The van der Waals surface area contributed by atoms with E-state index in [1.54, 1.807) is 12.4 Å². The number of nitriles is 1. The van der Waals surface area contributed by atoms with Gasteiger partial charge in [0.15, 0.2) is 5.69 Å². The Balaban J connectivity index is 2.15. The molecule has 1 fully saturated rings. The summed E-state index contributed by atoms with van der Waals surface area (Å²) in [6.45, 7) is 5.41. The second-order valence-electron chi connectivity index (χ2n) is 4.65. The summed E-state index contributed by atoms with van der Waals surface area (Å²) >= 11 is 0. The van der Waals surface area contributed by atoms with Crippen LogP contribution >= 0.6 is 0 Å². The molecule has 1 aromatic rings. The zero-order chi connectivity index (χ0) is 11.5. The van der Waals surface area contributed by atoms with Crippen molar-refractivity contribution in [3.8, 4) is 6.07 Å². The van der Waals surface area contributed by atoms with Gasteiger partial charge in [-0.1, -0.05) is 13.8 Å². The predicted octanol–water partition coefficient (Wildman–Crippen LogP) is 1.97. The maximum absolute atomic E-state index is 8.67. The molecule has 4 nitrogen and oxygen atoms in total. The SMILES string of the molecule is CC(C)CN(c1cnc(C#N)cn1)C1CC1. The molecule has 0 unspecified atom stereocenters. The maximum atomic E-state index is 8.67. The van der Waals surface area contributed by atoms with Gasteiger partial charge in [0.1, 0.15) is 11.9 Å². The molecule has 16 heavy (non-hydrogen) atoms. The molecule has 1 aliphatic carbocycles. The first kappa shape index (κ1) is 10.9. The van der Waals surface area contributed by atoms with E-state index in [1.165, 1.54) is 12.8 Å². The molecule has 0 aromatic carbocycles. The normalized spacial score (nSPS) is 14.9. The van der Waals surface area contributed by atoms with Gasteiger partial charge in [0.05, 0.1) is 12.4 Å². The second kappa shape index (κ2) is 4.48. The molecular weight excluding hydrogens is 200 g/mol. The lowest BCUT2D eigenvalue weighted by molar-refractivity contribution is 0.602. The Morgan fingerprint density at radius 1 is 1.44 bits per heavy atom. The first-order valence-corrected chi connectivity index (χ1v) is 5.69. The summed E-state index contributed by atoms with van der Waals surface area (Å²) in [7, 11) is 0.